The summed E-state index contributed by atoms with van der Waals surface area (Å²) in [6.07, 6.45) is 10.3. The highest BCUT2D eigenvalue weighted by Crippen LogP contribution is 2.60. The minimum atomic E-state index is -0.542. The van der Waals surface area contributed by atoms with Crippen LogP contribution >= 0.6 is 11.8 Å². The molecule has 3 heteroatoms. The van der Waals surface area contributed by atoms with Gasteiger partial charge in [0, 0.05) is 20.6 Å². The Hall–Kier alpha value is -5.64. The second kappa shape index (κ2) is 10.9. The largest absolute Gasteiger partial charge is 0.309 e. The van der Waals surface area contributed by atoms with E-state index in [1.165, 1.54) is 59.5 Å². The summed E-state index contributed by atoms with van der Waals surface area (Å²) in [4.78, 5) is 2.55. The molecule has 1 spiro atoms. The van der Waals surface area contributed by atoms with E-state index in [0.29, 0.717) is 5.71 Å². The number of aromatic nitrogens is 1. The average Bonchev–Trinajstić information content (AvgIpc) is 3.51. The molecule has 1 aliphatic carbocycles. The molecule has 0 bridgehead atoms. The van der Waals surface area contributed by atoms with Crippen LogP contribution in [0.15, 0.2) is 179 Å². The Bertz CT molecular complexity index is 2600. The number of nitrogens with one attached hydrogen (secondary N) is 1. The zero-order valence-corrected chi connectivity index (χ0v) is 27.7. The van der Waals surface area contributed by atoms with Gasteiger partial charge in [-0.2, -0.15) is 0 Å². The third kappa shape index (κ3) is 4.06. The lowest BCUT2D eigenvalue weighted by molar-refractivity contribution is 0.689. The molecular weight excluding hydrogens is 613 g/mol. The lowest BCUT2D eigenvalue weighted by Gasteiger charge is -2.45. The Morgan fingerprint density at radius 2 is 1.39 bits per heavy atom. The van der Waals surface area contributed by atoms with Gasteiger partial charge in [0.15, 0.2) is 0 Å². The number of hydrogen-bond donors (Lipinski definition) is 1. The Labute approximate surface area is 290 Å². The number of rotatable bonds is 4. The average molecular weight is 645 g/mol. The fourth-order valence-corrected chi connectivity index (χ4v) is 9.68. The van der Waals surface area contributed by atoms with Gasteiger partial charge in [0.05, 0.1) is 27.8 Å². The number of benzene rings is 6. The van der Waals surface area contributed by atoms with Crippen LogP contribution in [0.25, 0.3) is 33.1 Å². The van der Waals surface area contributed by atoms with Gasteiger partial charge in [0.1, 0.15) is 0 Å². The Morgan fingerprint density at radius 1 is 0.653 bits per heavy atom. The lowest BCUT2D eigenvalue weighted by Crippen LogP contribution is -2.37. The Morgan fingerprint density at radius 3 is 2.27 bits per heavy atom. The molecule has 0 amide bonds. The molecule has 1 unspecified atom stereocenters. The fraction of sp³-hybridized carbons (Fsp3) is 0.0652. The van der Waals surface area contributed by atoms with Crippen molar-refractivity contribution in [2.45, 2.75) is 28.0 Å². The summed E-state index contributed by atoms with van der Waals surface area (Å²) < 4.78 is 2.50. The molecule has 6 aromatic carbocycles. The van der Waals surface area contributed by atoms with Gasteiger partial charge in [-0.15, -0.1) is 0 Å². The van der Waals surface area contributed by atoms with E-state index in [0.717, 1.165) is 35.1 Å². The van der Waals surface area contributed by atoms with Crippen LogP contribution < -0.4 is 0 Å². The molecule has 0 saturated carbocycles. The van der Waals surface area contributed by atoms with E-state index in [9.17, 15) is 5.41 Å². The predicted molar refractivity (Wildman–Crippen MR) is 204 cm³/mol. The van der Waals surface area contributed by atoms with E-state index in [2.05, 4.69) is 168 Å². The van der Waals surface area contributed by atoms with Crippen LogP contribution in [0.5, 0.6) is 0 Å². The van der Waals surface area contributed by atoms with Crippen LogP contribution in [0.2, 0.25) is 0 Å². The molecule has 3 heterocycles. The van der Waals surface area contributed by atoms with Crippen molar-refractivity contribution in [2.75, 3.05) is 0 Å². The lowest BCUT2D eigenvalue weighted by atomic mass is 9.62. The second-order valence-electron chi connectivity index (χ2n) is 13.1. The number of allylic oxidation sites excluding steroid dienone is 5. The first-order valence-corrected chi connectivity index (χ1v) is 17.8. The van der Waals surface area contributed by atoms with Gasteiger partial charge in [0.2, 0.25) is 0 Å². The predicted octanol–water partition coefficient (Wildman–Crippen LogP) is 11.7. The zero-order valence-electron chi connectivity index (χ0n) is 26.9. The van der Waals surface area contributed by atoms with E-state index in [1.807, 2.05) is 11.8 Å². The first-order valence-electron chi connectivity index (χ1n) is 17.0. The maximum atomic E-state index is 9.21. The van der Waals surface area contributed by atoms with E-state index in [4.69, 9.17) is 0 Å². The molecule has 232 valence electrons. The van der Waals surface area contributed by atoms with E-state index < -0.39 is 5.41 Å². The molecule has 0 radical (unpaired) electrons. The topological polar surface area (TPSA) is 28.8 Å². The highest BCUT2D eigenvalue weighted by atomic mass is 32.2. The van der Waals surface area contributed by atoms with Crippen LogP contribution in [-0.4, -0.2) is 10.3 Å². The Kier molecular flexibility index (Phi) is 6.34. The van der Waals surface area contributed by atoms with Gasteiger partial charge < -0.3 is 9.98 Å². The molecule has 3 aliphatic rings. The van der Waals surface area contributed by atoms with Crippen molar-refractivity contribution in [3.63, 3.8) is 0 Å². The molecule has 1 N–H and O–H groups in total. The summed E-state index contributed by atoms with van der Waals surface area (Å²) in [6, 6.07) is 51.4. The van der Waals surface area contributed by atoms with Crippen LogP contribution in [0, 0.1) is 5.41 Å². The maximum absolute atomic E-state index is 9.21. The standard InChI is InChI=1S/C46H32N2S/c47-40(31-16-5-2-6-17-31)29-35(30-14-3-1-4-15-30)32-26-27-44-39(28-32)46(37-21-9-12-25-43(37)49-44)36-20-8-11-24-42(36)48-41-23-10-7-18-33(41)34-19-13-22-38(46)45(34)48/h1-5,7-16,18-29,47H,6,17H2/b35-29+,47-40?. The number of para-hydroxylation sites is 3. The molecule has 7 aromatic rings. The zero-order chi connectivity index (χ0) is 32.5. The van der Waals surface area contributed by atoms with Gasteiger partial charge in [0.25, 0.3) is 0 Å². The minimum absolute atomic E-state index is 0.542. The van der Waals surface area contributed by atoms with Crippen molar-refractivity contribution in [2.24, 2.45) is 0 Å². The van der Waals surface area contributed by atoms with Crippen LogP contribution in [0.1, 0.15) is 46.2 Å². The monoisotopic (exact) mass is 644 g/mol. The summed E-state index contributed by atoms with van der Waals surface area (Å²) in [5.74, 6) is 0. The quantitative estimate of drug-likeness (QED) is 0.190. The van der Waals surface area contributed by atoms with E-state index in [-0.39, 0.29) is 0 Å². The molecule has 1 atom stereocenters. The van der Waals surface area contributed by atoms with Gasteiger partial charge in [-0.05, 0) is 93.8 Å². The summed E-state index contributed by atoms with van der Waals surface area (Å²) in [5, 5.41) is 11.8. The van der Waals surface area contributed by atoms with E-state index >= 15 is 0 Å². The molecule has 49 heavy (non-hydrogen) atoms. The maximum Gasteiger partial charge on any atom is 0.0764 e. The summed E-state index contributed by atoms with van der Waals surface area (Å²) in [5.41, 5.74) is 13.4. The number of fused-ring (bicyclic) bond motifs is 11. The smallest absolute Gasteiger partial charge is 0.0764 e. The highest BCUT2D eigenvalue weighted by Gasteiger charge is 2.49. The summed E-state index contributed by atoms with van der Waals surface area (Å²) >= 11 is 1.87. The first-order chi connectivity index (χ1) is 24.2. The fourth-order valence-electron chi connectivity index (χ4n) is 8.51. The summed E-state index contributed by atoms with van der Waals surface area (Å²) in [6.45, 7) is 0. The highest BCUT2D eigenvalue weighted by molar-refractivity contribution is 7.99. The van der Waals surface area contributed by atoms with Gasteiger partial charge in [-0.3, -0.25) is 0 Å². The first kappa shape index (κ1) is 28.4. The van der Waals surface area contributed by atoms with Gasteiger partial charge in [-0.1, -0.05) is 139 Å². The molecule has 1 aromatic heterocycles. The van der Waals surface area contributed by atoms with Crippen molar-refractivity contribution >= 4 is 44.9 Å². The van der Waals surface area contributed by atoms with Crippen LogP contribution in [-0.2, 0) is 5.41 Å². The van der Waals surface area contributed by atoms with Crippen molar-refractivity contribution < 1.29 is 0 Å². The minimum Gasteiger partial charge on any atom is -0.309 e. The van der Waals surface area contributed by atoms with Gasteiger partial charge >= 0.3 is 0 Å². The third-order valence-electron chi connectivity index (χ3n) is 10.6. The van der Waals surface area contributed by atoms with E-state index in [1.54, 1.807) is 0 Å². The third-order valence-corrected chi connectivity index (χ3v) is 11.7. The van der Waals surface area contributed by atoms with Crippen LogP contribution in [0.4, 0.5) is 0 Å². The van der Waals surface area contributed by atoms with Crippen molar-refractivity contribution in [1.29, 1.82) is 5.41 Å². The normalized spacial score (nSPS) is 17.5. The van der Waals surface area contributed by atoms with Crippen molar-refractivity contribution in [3.05, 3.63) is 203 Å². The molecule has 2 aliphatic heterocycles. The SMILES string of the molecule is N=C(/C=C(\c1ccccc1)c1ccc2c(c1)C1(c3ccccc3S2)c2ccccc2-n2c3ccccc3c3cccc1c32)C1=CC=CCC1. The summed E-state index contributed by atoms with van der Waals surface area (Å²) in [7, 11) is 0. The Balaban J connectivity index is 1.31. The van der Waals surface area contributed by atoms with Crippen LogP contribution in [0.3, 0.4) is 0 Å². The van der Waals surface area contributed by atoms with Crippen molar-refractivity contribution in [3.8, 4) is 5.69 Å². The second-order valence-corrected chi connectivity index (χ2v) is 14.2. The number of nitrogens with zero attached hydrogens (tertiary/aromatic N) is 1. The molecular formula is C46H32N2S. The molecule has 0 fully saturated rings. The van der Waals surface area contributed by atoms with Crippen molar-refractivity contribution in [1.82, 2.24) is 4.57 Å². The number of hydrogen-bond acceptors (Lipinski definition) is 2. The molecule has 10 rings (SSSR count). The molecule has 0 saturated heterocycles. The molecule has 2 nitrogen and oxygen atoms in total. The van der Waals surface area contributed by atoms with Gasteiger partial charge in [-0.25, -0.2) is 0 Å².